The Bertz CT molecular complexity index is 1330. The van der Waals surface area contributed by atoms with Crippen LogP contribution < -0.4 is 5.32 Å². The molecule has 0 spiro atoms. The summed E-state index contributed by atoms with van der Waals surface area (Å²) in [5, 5.41) is 13.4. The van der Waals surface area contributed by atoms with Crippen LogP contribution in [0.2, 0.25) is 0 Å². The zero-order valence-electron chi connectivity index (χ0n) is 17.0. The highest BCUT2D eigenvalue weighted by molar-refractivity contribution is 5.99. The lowest BCUT2D eigenvalue weighted by molar-refractivity contribution is -0.116. The van der Waals surface area contributed by atoms with E-state index >= 15 is 0 Å². The van der Waals surface area contributed by atoms with Gasteiger partial charge in [-0.05, 0) is 48.9 Å². The van der Waals surface area contributed by atoms with Gasteiger partial charge >= 0.3 is 0 Å². The van der Waals surface area contributed by atoms with Crippen molar-refractivity contribution < 1.29 is 9.18 Å². The van der Waals surface area contributed by atoms with Crippen LogP contribution in [-0.2, 0) is 11.3 Å². The third-order valence-corrected chi connectivity index (χ3v) is 5.02. The van der Waals surface area contributed by atoms with Gasteiger partial charge in [0.2, 0.25) is 5.91 Å². The normalized spacial score (nSPS) is 11.3. The quantitative estimate of drug-likeness (QED) is 0.424. The predicted molar refractivity (Wildman–Crippen MR) is 122 cm³/mol. The minimum atomic E-state index is -0.395. The number of nitriles is 1. The number of amides is 1. The Balaban J connectivity index is 1.66. The van der Waals surface area contributed by atoms with Crippen LogP contribution in [0.1, 0.15) is 16.7 Å². The Labute approximate surface area is 179 Å². The standard InChI is InChI=1S/C26H20FN3O/c1-18-9-11-23(12-10-18)29-26(31)17-30-16-21(24-7-2-3-8-25(24)30)13-20(15-28)19-5-4-6-22(27)14-19/h2-14,16H,17H2,1H3,(H,29,31)/b20-13-. The first kappa shape index (κ1) is 20.1. The first-order chi connectivity index (χ1) is 15.0. The third-order valence-electron chi connectivity index (χ3n) is 5.02. The molecule has 0 aliphatic rings. The number of hydrogen-bond acceptors (Lipinski definition) is 2. The van der Waals surface area contributed by atoms with E-state index in [4.69, 9.17) is 0 Å². The lowest BCUT2D eigenvalue weighted by Gasteiger charge is -2.07. The summed E-state index contributed by atoms with van der Waals surface area (Å²) in [4.78, 5) is 12.6. The van der Waals surface area contributed by atoms with Gasteiger partial charge in [0.05, 0.1) is 11.6 Å². The lowest BCUT2D eigenvalue weighted by atomic mass is 10.0. The molecule has 0 bridgehead atoms. The predicted octanol–water partition coefficient (Wildman–Crippen LogP) is 5.79. The van der Waals surface area contributed by atoms with E-state index in [0.717, 1.165) is 27.7 Å². The van der Waals surface area contributed by atoms with Gasteiger partial charge in [0.25, 0.3) is 0 Å². The first-order valence-electron chi connectivity index (χ1n) is 9.85. The second kappa shape index (κ2) is 8.68. The molecule has 31 heavy (non-hydrogen) atoms. The SMILES string of the molecule is Cc1ccc(NC(=O)Cn2cc(/C=C(/C#N)c3cccc(F)c3)c3ccccc32)cc1. The number of benzene rings is 3. The fourth-order valence-electron chi connectivity index (χ4n) is 3.50. The molecule has 4 aromatic rings. The molecular formula is C26H20FN3O. The largest absolute Gasteiger partial charge is 0.337 e. The number of nitrogens with one attached hydrogen (secondary N) is 1. The van der Waals surface area contributed by atoms with Crippen LogP contribution in [-0.4, -0.2) is 10.5 Å². The van der Waals surface area contributed by atoms with Crippen LogP contribution in [0.3, 0.4) is 0 Å². The molecule has 3 aromatic carbocycles. The Kier molecular flexibility index (Phi) is 5.63. The Morgan fingerprint density at radius 3 is 2.61 bits per heavy atom. The summed E-state index contributed by atoms with van der Waals surface area (Å²) in [6, 6.07) is 23.4. The molecule has 5 heteroatoms. The summed E-state index contributed by atoms with van der Waals surface area (Å²) in [6.45, 7) is 2.12. The van der Waals surface area contributed by atoms with Crippen molar-refractivity contribution in [2.24, 2.45) is 0 Å². The van der Waals surface area contributed by atoms with Gasteiger partial charge in [0, 0.05) is 28.4 Å². The minimum Gasteiger partial charge on any atom is -0.337 e. The molecule has 0 unspecified atom stereocenters. The zero-order chi connectivity index (χ0) is 21.8. The summed E-state index contributed by atoms with van der Waals surface area (Å²) in [5.74, 6) is -0.542. The maximum absolute atomic E-state index is 13.6. The number of carbonyl (C=O) groups excluding carboxylic acids is 1. The lowest BCUT2D eigenvalue weighted by Crippen LogP contribution is -2.18. The number of aromatic nitrogens is 1. The van der Waals surface area contributed by atoms with Gasteiger partial charge < -0.3 is 9.88 Å². The molecule has 0 saturated carbocycles. The van der Waals surface area contributed by atoms with Crippen molar-refractivity contribution >= 4 is 34.1 Å². The number of rotatable bonds is 5. The summed E-state index contributed by atoms with van der Waals surface area (Å²) in [7, 11) is 0. The van der Waals surface area contributed by atoms with Crippen LogP contribution in [0.5, 0.6) is 0 Å². The monoisotopic (exact) mass is 409 g/mol. The van der Waals surface area contributed by atoms with Gasteiger partial charge in [0.15, 0.2) is 0 Å². The van der Waals surface area contributed by atoms with E-state index in [1.165, 1.54) is 12.1 Å². The fourth-order valence-corrected chi connectivity index (χ4v) is 3.50. The number of halogens is 1. The highest BCUT2D eigenvalue weighted by Crippen LogP contribution is 2.26. The smallest absolute Gasteiger partial charge is 0.244 e. The molecule has 1 heterocycles. The maximum Gasteiger partial charge on any atom is 0.244 e. The minimum absolute atomic E-state index is 0.129. The van der Waals surface area contributed by atoms with Gasteiger partial charge in [-0.25, -0.2) is 4.39 Å². The highest BCUT2D eigenvalue weighted by atomic mass is 19.1. The van der Waals surface area contributed by atoms with E-state index in [0.29, 0.717) is 11.1 Å². The van der Waals surface area contributed by atoms with E-state index in [9.17, 15) is 14.4 Å². The molecule has 1 N–H and O–H groups in total. The second-order valence-electron chi connectivity index (χ2n) is 7.32. The van der Waals surface area contributed by atoms with Crippen molar-refractivity contribution in [3.05, 3.63) is 102 Å². The maximum atomic E-state index is 13.6. The fraction of sp³-hybridized carbons (Fsp3) is 0.0769. The van der Waals surface area contributed by atoms with Gasteiger partial charge in [-0.3, -0.25) is 4.79 Å². The summed E-state index contributed by atoms with van der Waals surface area (Å²) in [5.41, 5.74) is 4.40. The van der Waals surface area contributed by atoms with E-state index in [-0.39, 0.29) is 12.5 Å². The molecule has 1 amide bonds. The molecule has 0 radical (unpaired) electrons. The van der Waals surface area contributed by atoms with Gasteiger partial charge in [-0.2, -0.15) is 5.26 Å². The average Bonchev–Trinajstić information content (AvgIpc) is 3.11. The van der Waals surface area contributed by atoms with Gasteiger partial charge in [-0.15, -0.1) is 0 Å². The topological polar surface area (TPSA) is 57.8 Å². The molecule has 0 saturated heterocycles. The van der Waals surface area contributed by atoms with Crippen molar-refractivity contribution in [1.29, 1.82) is 5.26 Å². The zero-order valence-corrected chi connectivity index (χ0v) is 17.0. The number of fused-ring (bicyclic) bond motifs is 1. The number of carbonyl (C=O) groups is 1. The van der Waals surface area contributed by atoms with Crippen molar-refractivity contribution in [1.82, 2.24) is 4.57 Å². The Morgan fingerprint density at radius 1 is 1.10 bits per heavy atom. The molecular weight excluding hydrogens is 389 g/mol. The van der Waals surface area contributed by atoms with Crippen LogP contribution in [0, 0.1) is 24.1 Å². The Hall–Kier alpha value is -4.17. The third kappa shape index (κ3) is 4.54. The molecule has 4 rings (SSSR count). The first-order valence-corrected chi connectivity index (χ1v) is 9.85. The molecule has 0 fully saturated rings. The molecule has 0 aliphatic heterocycles. The van der Waals surface area contributed by atoms with Crippen LogP contribution in [0.25, 0.3) is 22.6 Å². The van der Waals surface area contributed by atoms with Crippen molar-refractivity contribution in [2.45, 2.75) is 13.5 Å². The van der Waals surface area contributed by atoms with Gasteiger partial charge in [-0.1, -0.05) is 48.0 Å². The van der Waals surface area contributed by atoms with E-state index in [2.05, 4.69) is 11.4 Å². The number of allylic oxidation sites excluding steroid dienone is 1. The summed E-state index contributed by atoms with van der Waals surface area (Å²) >= 11 is 0. The van der Waals surface area contributed by atoms with E-state index in [1.807, 2.05) is 66.2 Å². The number of para-hydroxylation sites is 1. The van der Waals surface area contributed by atoms with E-state index in [1.54, 1.807) is 18.2 Å². The number of anilines is 1. The average molecular weight is 409 g/mol. The summed E-state index contributed by atoms with van der Waals surface area (Å²) in [6.07, 6.45) is 3.57. The Morgan fingerprint density at radius 2 is 1.87 bits per heavy atom. The molecule has 152 valence electrons. The van der Waals surface area contributed by atoms with Crippen molar-refractivity contribution in [3.63, 3.8) is 0 Å². The van der Waals surface area contributed by atoms with E-state index < -0.39 is 5.82 Å². The van der Waals surface area contributed by atoms with Crippen LogP contribution in [0.4, 0.5) is 10.1 Å². The number of nitrogens with zero attached hydrogens (tertiary/aromatic N) is 2. The van der Waals surface area contributed by atoms with Gasteiger partial charge in [0.1, 0.15) is 12.4 Å². The second-order valence-corrected chi connectivity index (χ2v) is 7.32. The van der Waals surface area contributed by atoms with Crippen LogP contribution in [0.15, 0.2) is 79.0 Å². The molecule has 4 nitrogen and oxygen atoms in total. The van der Waals surface area contributed by atoms with Crippen molar-refractivity contribution in [2.75, 3.05) is 5.32 Å². The number of hydrogen-bond donors (Lipinski definition) is 1. The van der Waals surface area contributed by atoms with Crippen LogP contribution >= 0.6 is 0 Å². The summed E-state index contributed by atoms with van der Waals surface area (Å²) < 4.78 is 15.5. The molecule has 0 aliphatic carbocycles. The molecule has 0 atom stereocenters. The highest BCUT2D eigenvalue weighted by Gasteiger charge is 2.12. The molecule has 1 aromatic heterocycles. The number of aryl methyl sites for hydroxylation is 1. The van der Waals surface area contributed by atoms with Crippen molar-refractivity contribution in [3.8, 4) is 6.07 Å².